The van der Waals surface area contributed by atoms with Crippen molar-refractivity contribution >= 4 is 38.8 Å². The van der Waals surface area contributed by atoms with Gasteiger partial charge >= 0.3 is 0 Å². The molecule has 7 aromatic carbocycles. The number of unbranched alkanes of at least 4 members (excludes halogenated alkanes) is 6. The Hall–Kier alpha value is -5.35. The summed E-state index contributed by atoms with van der Waals surface area (Å²) >= 11 is 0. The summed E-state index contributed by atoms with van der Waals surface area (Å²) in [5.74, 6) is -1.12. The molecule has 0 saturated heterocycles. The van der Waals surface area contributed by atoms with Crippen LogP contribution in [0.5, 0.6) is 0 Å². The molecule has 458 valence electrons. The summed E-state index contributed by atoms with van der Waals surface area (Å²) in [6.45, 7) is 20.3. The van der Waals surface area contributed by atoms with Gasteiger partial charge in [0.15, 0.2) is 6.29 Å². The van der Waals surface area contributed by atoms with Crippen molar-refractivity contribution in [1.82, 2.24) is 0 Å². The highest BCUT2D eigenvalue weighted by Gasteiger charge is 2.49. The van der Waals surface area contributed by atoms with E-state index in [4.69, 9.17) is 13.6 Å². The molecule has 0 amide bonds. The molecule has 7 rings (SSSR count). The Morgan fingerprint density at radius 3 is 0.953 bits per heavy atom. The SMILES string of the molecule is CCCCCC[C@H](C(O)O[SiH](c1ccccc1)c1ccccc1)[C@@H](O)C(C)(O)CC(C)(C)C.CCCCCC[C@H](C(O[SiH](c1ccccc1)c1ccccc1)OC(c1ccccc1)(c1ccccc1)c1ccccc1)[C@@H](O)C(C)(O)CC(C)(C)C. The molecule has 85 heavy (non-hydrogen) atoms. The zero-order chi connectivity index (χ0) is 61.5. The predicted molar refractivity (Wildman–Crippen MR) is 357 cm³/mol. The van der Waals surface area contributed by atoms with Crippen molar-refractivity contribution in [2.24, 2.45) is 22.7 Å². The molecule has 0 heterocycles. The fraction of sp³-hybridized carbons (Fsp3) is 0.440. The average Bonchev–Trinajstić information content (AvgIpc) is 1.03. The first-order valence-electron chi connectivity index (χ1n) is 31.4. The van der Waals surface area contributed by atoms with Gasteiger partial charge in [-0.3, -0.25) is 0 Å². The zero-order valence-electron chi connectivity index (χ0n) is 52.8. The lowest BCUT2D eigenvalue weighted by molar-refractivity contribution is -0.216. The van der Waals surface area contributed by atoms with Crippen LogP contribution in [-0.2, 0) is 19.2 Å². The van der Waals surface area contributed by atoms with Crippen molar-refractivity contribution in [3.05, 3.63) is 229 Å². The number of benzene rings is 7. The summed E-state index contributed by atoms with van der Waals surface area (Å²) in [4.78, 5) is 0. The number of aliphatic hydroxyl groups is 5. The van der Waals surface area contributed by atoms with Crippen LogP contribution in [-0.4, -0.2) is 79.6 Å². The molecule has 0 radical (unpaired) electrons. The van der Waals surface area contributed by atoms with Crippen molar-refractivity contribution in [1.29, 1.82) is 0 Å². The van der Waals surface area contributed by atoms with E-state index in [9.17, 15) is 25.5 Å². The van der Waals surface area contributed by atoms with E-state index in [1.54, 1.807) is 13.8 Å². The molecule has 0 aliphatic heterocycles. The van der Waals surface area contributed by atoms with Gasteiger partial charge in [0.1, 0.15) is 11.9 Å². The Kier molecular flexibility index (Phi) is 26.8. The molecule has 4 unspecified atom stereocenters. The summed E-state index contributed by atoms with van der Waals surface area (Å²) < 4.78 is 21.7. The third-order valence-electron chi connectivity index (χ3n) is 16.1. The molecule has 5 N–H and O–H groups in total. The first kappa shape index (κ1) is 68.8. The van der Waals surface area contributed by atoms with Gasteiger partial charge in [0, 0.05) is 11.8 Å². The minimum Gasteiger partial charge on any atom is -0.390 e. The molecular formula is C75H102O8Si2. The van der Waals surface area contributed by atoms with Crippen LogP contribution in [0.15, 0.2) is 212 Å². The number of aliphatic hydroxyl groups excluding tert-OH is 3. The first-order valence-corrected chi connectivity index (χ1v) is 34.7. The van der Waals surface area contributed by atoms with Gasteiger partial charge in [-0.2, -0.15) is 0 Å². The van der Waals surface area contributed by atoms with Gasteiger partial charge in [0.2, 0.25) is 18.1 Å². The average molecular weight is 1190 g/mol. The second-order valence-corrected chi connectivity index (χ2v) is 31.2. The van der Waals surface area contributed by atoms with E-state index in [1.165, 1.54) is 0 Å². The van der Waals surface area contributed by atoms with Crippen molar-refractivity contribution in [2.45, 2.75) is 188 Å². The van der Waals surface area contributed by atoms with Crippen LogP contribution in [0.2, 0.25) is 0 Å². The molecule has 0 aliphatic rings. The zero-order valence-corrected chi connectivity index (χ0v) is 55.1. The van der Waals surface area contributed by atoms with Gasteiger partial charge in [-0.05, 0) is 87.8 Å². The van der Waals surface area contributed by atoms with Crippen LogP contribution in [0.1, 0.15) is 163 Å². The number of rotatable bonds is 31. The van der Waals surface area contributed by atoms with Gasteiger partial charge in [-0.25, -0.2) is 0 Å². The molecule has 0 fully saturated rings. The topological polar surface area (TPSA) is 129 Å². The summed E-state index contributed by atoms with van der Waals surface area (Å²) in [6, 6.07) is 72.0. The largest absolute Gasteiger partial charge is 0.390 e. The Balaban J connectivity index is 0.000000302. The van der Waals surface area contributed by atoms with Gasteiger partial charge in [-0.15, -0.1) is 0 Å². The van der Waals surface area contributed by atoms with Gasteiger partial charge in [-0.1, -0.05) is 319 Å². The number of ether oxygens (including phenoxy) is 1. The fourth-order valence-electron chi connectivity index (χ4n) is 12.5. The Bertz CT molecular complexity index is 2710. The van der Waals surface area contributed by atoms with E-state index in [1.807, 2.05) is 148 Å². The highest BCUT2D eigenvalue weighted by atomic mass is 28.3. The maximum absolute atomic E-state index is 12.6. The molecule has 8 nitrogen and oxygen atoms in total. The normalized spacial score (nSPS) is 15.8. The van der Waals surface area contributed by atoms with Crippen molar-refractivity contribution in [3.8, 4) is 0 Å². The van der Waals surface area contributed by atoms with Gasteiger partial charge in [0.25, 0.3) is 0 Å². The van der Waals surface area contributed by atoms with Crippen LogP contribution < -0.4 is 20.7 Å². The van der Waals surface area contributed by atoms with E-state index in [2.05, 4.69) is 120 Å². The molecule has 10 heteroatoms. The molecular weight excluding hydrogens is 1080 g/mol. The van der Waals surface area contributed by atoms with Crippen LogP contribution in [0.25, 0.3) is 0 Å². The quantitative estimate of drug-likeness (QED) is 0.0126. The second kappa shape index (κ2) is 33.1. The molecule has 8 atom stereocenters. The van der Waals surface area contributed by atoms with Crippen molar-refractivity contribution < 1.29 is 39.1 Å². The van der Waals surface area contributed by atoms with E-state index in [0.29, 0.717) is 25.7 Å². The van der Waals surface area contributed by atoms with Crippen LogP contribution in [0.3, 0.4) is 0 Å². The lowest BCUT2D eigenvalue weighted by Crippen LogP contribution is -2.56. The monoisotopic (exact) mass is 1190 g/mol. The van der Waals surface area contributed by atoms with Gasteiger partial charge < -0.3 is 39.1 Å². The third kappa shape index (κ3) is 20.6. The fourth-order valence-corrected chi connectivity index (χ4v) is 17.2. The molecule has 0 saturated carbocycles. The Morgan fingerprint density at radius 2 is 0.647 bits per heavy atom. The Morgan fingerprint density at radius 1 is 0.365 bits per heavy atom. The van der Waals surface area contributed by atoms with E-state index in [-0.39, 0.29) is 10.8 Å². The maximum atomic E-state index is 12.6. The van der Waals surface area contributed by atoms with Crippen LogP contribution in [0, 0.1) is 22.7 Å². The van der Waals surface area contributed by atoms with E-state index >= 15 is 0 Å². The second-order valence-electron chi connectivity index (χ2n) is 26.4. The minimum atomic E-state index is -2.44. The lowest BCUT2D eigenvalue weighted by Gasteiger charge is -2.46. The van der Waals surface area contributed by atoms with Crippen molar-refractivity contribution in [2.75, 3.05) is 0 Å². The standard InChI is InChI=1S/C47H58O4Si.C28H44O4Si/c1-6-7-8-24-35-42(43(48)46(5,49)36-45(2,3)4)44(51-52(40-31-20-12-21-32-40)41-33-22-13-23-34-41)50-47(37-25-14-9-15-26-37,38-27-16-10-17-28-38)39-29-18-11-19-30-39;1-6-7-8-15-20-24(25(29)28(5,31)21-27(2,3)4)26(30)32-33(22-16-11-9-12-17-22)23-18-13-10-14-19-23/h9-23,25-34,42-44,48-49,52H,6-8,24,35-36H2,1-5H3;9-14,16-19,24-26,29-31,33H,6-8,15,20-21H2,1-5H3/t42-,43+,44?,46?;24-,25+,26?,28?/m00/s1. The molecule has 0 aliphatic carbocycles. The summed E-state index contributed by atoms with van der Waals surface area (Å²) in [7, 11) is -4.63. The minimum absolute atomic E-state index is 0.158. The van der Waals surface area contributed by atoms with Crippen LogP contribution in [0.4, 0.5) is 0 Å². The molecule has 0 spiro atoms. The van der Waals surface area contributed by atoms with E-state index in [0.717, 1.165) is 88.8 Å². The smallest absolute Gasteiger partial charge is 0.243 e. The predicted octanol–water partition coefficient (Wildman–Crippen LogP) is 13.0. The highest BCUT2D eigenvalue weighted by molar-refractivity contribution is 6.80. The summed E-state index contributed by atoms with van der Waals surface area (Å²) in [5.41, 5.74) is -1.33. The van der Waals surface area contributed by atoms with Crippen LogP contribution >= 0.6 is 0 Å². The molecule has 7 aromatic rings. The lowest BCUT2D eigenvalue weighted by atomic mass is 9.75. The maximum Gasteiger partial charge on any atom is 0.243 e. The molecule has 0 aromatic heterocycles. The number of hydrogen-bond donors (Lipinski definition) is 5. The van der Waals surface area contributed by atoms with E-state index < -0.39 is 71.5 Å². The molecule has 0 bridgehead atoms. The Labute approximate surface area is 514 Å². The first-order chi connectivity index (χ1) is 40.6. The summed E-state index contributed by atoms with van der Waals surface area (Å²) in [6.07, 6.45) is 6.04. The summed E-state index contributed by atoms with van der Waals surface area (Å²) in [5, 5.41) is 63.0. The van der Waals surface area contributed by atoms with Crippen molar-refractivity contribution in [3.63, 3.8) is 0 Å². The highest BCUT2D eigenvalue weighted by Crippen LogP contribution is 2.45. The third-order valence-corrected chi connectivity index (χ3v) is 21.2. The van der Waals surface area contributed by atoms with Gasteiger partial charge in [0.05, 0.1) is 23.4 Å². The number of hydrogen-bond acceptors (Lipinski definition) is 8.